The SMILES string of the molecule is CN1C(=O)[C@@H]2[C@@H](C[C@]3(C)OC[C@H]2/C3=C\c2ccccc2)C1=O. The molecule has 4 nitrogen and oxygen atoms in total. The summed E-state index contributed by atoms with van der Waals surface area (Å²) in [7, 11) is 1.60. The Kier molecular flexibility index (Phi) is 2.82. The maximum Gasteiger partial charge on any atom is 0.233 e. The van der Waals surface area contributed by atoms with Crippen molar-refractivity contribution in [3.05, 3.63) is 41.5 Å². The van der Waals surface area contributed by atoms with E-state index in [2.05, 4.69) is 18.2 Å². The normalized spacial score (nSPS) is 38.7. The summed E-state index contributed by atoms with van der Waals surface area (Å²) in [4.78, 5) is 26.1. The molecule has 0 spiro atoms. The summed E-state index contributed by atoms with van der Waals surface area (Å²) in [6.07, 6.45) is 2.74. The van der Waals surface area contributed by atoms with Crippen LogP contribution >= 0.6 is 0 Å². The van der Waals surface area contributed by atoms with Crippen molar-refractivity contribution in [1.82, 2.24) is 4.90 Å². The van der Waals surface area contributed by atoms with Gasteiger partial charge in [-0.25, -0.2) is 0 Å². The fourth-order valence-electron chi connectivity index (χ4n) is 4.29. The van der Waals surface area contributed by atoms with E-state index in [1.807, 2.05) is 25.1 Å². The number of benzene rings is 1. The molecule has 4 rings (SSSR count). The molecule has 22 heavy (non-hydrogen) atoms. The Morgan fingerprint density at radius 1 is 1.18 bits per heavy atom. The van der Waals surface area contributed by atoms with E-state index < -0.39 is 5.60 Å². The Balaban J connectivity index is 1.78. The van der Waals surface area contributed by atoms with E-state index in [9.17, 15) is 9.59 Å². The molecule has 2 heterocycles. The van der Waals surface area contributed by atoms with Gasteiger partial charge in [0, 0.05) is 13.0 Å². The molecule has 114 valence electrons. The van der Waals surface area contributed by atoms with Crippen molar-refractivity contribution in [3.63, 3.8) is 0 Å². The predicted molar refractivity (Wildman–Crippen MR) is 81.6 cm³/mol. The van der Waals surface area contributed by atoms with Gasteiger partial charge >= 0.3 is 0 Å². The molecule has 2 amide bonds. The standard InChI is InChI=1S/C18H19NO3/c1-18-9-12-15(17(21)19(2)16(12)20)13(10-22-18)14(18)8-11-6-4-3-5-7-11/h3-8,12-13,15H,9-10H2,1-2H3/b14-8+/t12-,13+,15-,18+/m1/s1. The third-order valence-corrected chi connectivity index (χ3v) is 5.45. The van der Waals surface area contributed by atoms with Crippen LogP contribution in [0.2, 0.25) is 0 Å². The molecule has 2 bridgehead atoms. The number of amides is 2. The van der Waals surface area contributed by atoms with E-state index in [-0.39, 0.29) is 29.6 Å². The molecule has 0 unspecified atom stereocenters. The summed E-state index contributed by atoms with van der Waals surface area (Å²) in [5, 5.41) is 0. The molecule has 2 saturated heterocycles. The molecule has 3 fully saturated rings. The van der Waals surface area contributed by atoms with Gasteiger partial charge in [-0.15, -0.1) is 0 Å². The topological polar surface area (TPSA) is 46.6 Å². The molecule has 1 aromatic carbocycles. The zero-order chi connectivity index (χ0) is 15.5. The monoisotopic (exact) mass is 297 g/mol. The number of ether oxygens (including phenoxy) is 1. The maximum atomic E-state index is 12.5. The third-order valence-electron chi connectivity index (χ3n) is 5.45. The van der Waals surface area contributed by atoms with Gasteiger partial charge in [0.05, 0.1) is 24.0 Å². The van der Waals surface area contributed by atoms with Crippen LogP contribution in [0.1, 0.15) is 18.9 Å². The first kappa shape index (κ1) is 13.7. The molecule has 1 aromatic rings. The highest BCUT2D eigenvalue weighted by molar-refractivity contribution is 6.05. The van der Waals surface area contributed by atoms with Crippen LogP contribution in [0.5, 0.6) is 0 Å². The van der Waals surface area contributed by atoms with Crippen molar-refractivity contribution in [3.8, 4) is 0 Å². The lowest BCUT2D eigenvalue weighted by molar-refractivity contribution is -0.138. The molecule has 3 aliphatic rings. The Labute approximate surface area is 129 Å². The average Bonchev–Trinajstić information content (AvgIpc) is 2.86. The number of hydrogen-bond acceptors (Lipinski definition) is 3. The van der Waals surface area contributed by atoms with Gasteiger partial charge in [0.2, 0.25) is 11.8 Å². The Bertz CT molecular complexity index is 681. The second-order valence-electron chi connectivity index (χ2n) is 6.73. The van der Waals surface area contributed by atoms with Crippen molar-refractivity contribution >= 4 is 17.9 Å². The lowest BCUT2D eigenvalue weighted by atomic mass is 9.66. The van der Waals surface area contributed by atoms with Crippen molar-refractivity contribution < 1.29 is 14.3 Å². The van der Waals surface area contributed by atoms with Gasteiger partial charge in [-0.05, 0) is 24.5 Å². The fourth-order valence-corrected chi connectivity index (χ4v) is 4.29. The summed E-state index contributed by atoms with van der Waals surface area (Å²) >= 11 is 0. The smallest absolute Gasteiger partial charge is 0.233 e. The molecule has 4 heteroatoms. The Hall–Kier alpha value is -1.94. The minimum Gasteiger partial charge on any atom is -0.370 e. The van der Waals surface area contributed by atoms with E-state index in [1.54, 1.807) is 7.05 Å². The summed E-state index contributed by atoms with van der Waals surface area (Å²) in [5.41, 5.74) is 1.85. The summed E-state index contributed by atoms with van der Waals surface area (Å²) in [5.74, 6) is -0.543. The first-order valence-electron chi connectivity index (χ1n) is 7.74. The van der Waals surface area contributed by atoms with Gasteiger partial charge in [0.15, 0.2) is 0 Å². The van der Waals surface area contributed by atoms with E-state index in [4.69, 9.17) is 4.74 Å². The minimum absolute atomic E-state index is 0.0188. The molecule has 1 saturated carbocycles. The van der Waals surface area contributed by atoms with Crippen molar-refractivity contribution in [2.45, 2.75) is 18.9 Å². The molecule has 4 atom stereocenters. The first-order chi connectivity index (χ1) is 10.5. The van der Waals surface area contributed by atoms with Crippen LogP contribution in [0.15, 0.2) is 35.9 Å². The van der Waals surface area contributed by atoms with Crippen LogP contribution in [-0.4, -0.2) is 36.0 Å². The largest absolute Gasteiger partial charge is 0.370 e. The molecular weight excluding hydrogens is 278 g/mol. The van der Waals surface area contributed by atoms with Crippen molar-refractivity contribution in [2.24, 2.45) is 17.8 Å². The quantitative estimate of drug-likeness (QED) is 0.746. The van der Waals surface area contributed by atoms with E-state index in [0.717, 1.165) is 11.1 Å². The van der Waals surface area contributed by atoms with E-state index >= 15 is 0 Å². The summed E-state index contributed by atoms with van der Waals surface area (Å²) in [6.45, 7) is 2.58. The lowest BCUT2D eigenvalue weighted by Crippen LogP contribution is -2.40. The van der Waals surface area contributed by atoms with Crippen LogP contribution < -0.4 is 0 Å². The number of carbonyl (C=O) groups is 2. The zero-order valence-corrected chi connectivity index (χ0v) is 12.8. The highest BCUT2D eigenvalue weighted by Gasteiger charge is 2.61. The number of imide groups is 1. The highest BCUT2D eigenvalue weighted by Crippen LogP contribution is 2.54. The number of likely N-dealkylation sites (tertiary alicyclic amines) is 1. The minimum atomic E-state index is -0.428. The van der Waals surface area contributed by atoms with Crippen LogP contribution in [0.3, 0.4) is 0 Å². The van der Waals surface area contributed by atoms with Gasteiger partial charge in [-0.1, -0.05) is 36.4 Å². The number of nitrogens with zero attached hydrogens (tertiary/aromatic N) is 1. The van der Waals surface area contributed by atoms with Gasteiger partial charge < -0.3 is 4.74 Å². The predicted octanol–water partition coefficient (Wildman–Crippen LogP) is 2.11. The average molecular weight is 297 g/mol. The van der Waals surface area contributed by atoms with Gasteiger partial charge in [0.1, 0.15) is 0 Å². The van der Waals surface area contributed by atoms with Crippen LogP contribution in [0.4, 0.5) is 0 Å². The lowest BCUT2D eigenvalue weighted by Gasteiger charge is -2.36. The summed E-state index contributed by atoms with van der Waals surface area (Å²) in [6, 6.07) is 10.1. The first-order valence-corrected chi connectivity index (χ1v) is 7.74. The van der Waals surface area contributed by atoms with Gasteiger partial charge in [-0.3, -0.25) is 14.5 Å². The highest BCUT2D eigenvalue weighted by atomic mass is 16.5. The molecule has 0 N–H and O–H groups in total. The molecule has 0 radical (unpaired) electrons. The van der Waals surface area contributed by atoms with Crippen molar-refractivity contribution in [2.75, 3.05) is 13.7 Å². The number of hydrogen-bond donors (Lipinski definition) is 0. The molecule has 2 aliphatic heterocycles. The Morgan fingerprint density at radius 3 is 2.64 bits per heavy atom. The summed E-state index contributed by atoms with van der Waals surface area (Å²) < 4.78 is 6.03. The molecule has 0 aromatic heterocycles. The number of rotatable bonds is 1. The molecular formula is C18H19NO3. The third kappa shape index (κ3) is 1.73. The number of carbonyl (C=O) groups excluding carboxylic acids is 2. The second kappa shape index (κ2) is 4.53. The number of fused-ring (bicyclic) bond motifs is 4. The zero-order valence-electron chi connectivity index (χ0n) is 12.8. The van der Waals surface area contributed by atoms with Crippen LogP contribution in [0.25, 0.3) is 6.08 Å². The second-order valence-corrected chi connectivity index (χ2v) is 6.73. The molecule has 1 aliphatic carbocycles. The van der Waals surface area contributed by atoms with Crippen molar-refractivity contribution in [1.29, 1.82) is 0 Å². The maximum absolute atomic E-state index is 12.5. The van der Waals surface area contributed by atoms with Gasteiger partial charge in [0.25, 0.3) is 0 Å². The van der Waals surface area contributed by atoms with Crippen LogP contribution in [-0.2, 0) is 14.3 Å². The van der Waals surface area contributed by atoms with Gasteiger partial charge in [-0.2, -0.15) is 0 Å². The van der Waals surface area contributed by atoms with Crippen LogP contribution in [0, 0.1) is 17.8 Å². The Morgan fingerprint density at radius 2 is 1.91 bits per heavy atom. The van der Waals surface area contributed by atoms with E-state index in [1.165, 1.54) is 4.90 Å². The fraction of sp³-hybridized carbons (Fsp3) is 0.444. The van der Waals surface area contributed by atoms with E-state index in [0.29, 0.717) is 13.0 Å².